The van der Waals surface area contributed by atoms with Crippen LogP contribution in [0, 0.1) is 5.92 Å². The lowest BCUT2D eigenvalue weighted by Gasteiger charge is -2.11. The molecule has 0 aliphatic heterocycles. The van der Waals surface area contributed by atoms with Crippen LogP contribution in [0.2, 0.25) is 0 Å². The average molecular weight is 391 g/mol. The molecule has 1 heterocycles. The summed E-state index contributed by atoms with van der Waals surface area (Å²) in [7, 11) is 1.38. The van der Waals surface area contributed by atoms with Crippen molar-refractivity contribution in [2.75, 3.05) is 13.7 Å². The Morgan fingerprint density at radius 2 is 2.11 bits per heavy atom. The fourth-order valence-electron chi connectivity index (χ4n) is 2.99. The maximum Gasteiger partial charge on any atom is 0.387 e. The van der Waals surface area contributed by atoms with Gasteiger partial charge in [0.2, 0.25) is 5.91 Å². The highest BCUT2D eigenvalue weighted by Gasteiger charge is 2.36. The molecule has 1 amide bonds. The molecule has 2 aromatic rings. The zero-order valence-corrected chi connectivity index (χ0v) is 15.8. The number of carbonyl (C=O) groups excluding carboxylic acids is 1. The van der Waals surface area contributed by atoms with E-state index in [4.69, 9.17) is 9.15 Å². The first kappa shape index (κ1) is 19.9. The third kappa shape index (κ3) is 5.34. The molecule has 1 aromatic heterocycles. The van der Waals surface area contributed by atoms with Gasteiger partial charge in [-0.1, -0.05) is 13.0 Å². The molecule has 0 radical (unpaired) electrons. The summed E-state index contributed by atoms with van der Waals surface area (Å²) in [5.41, 5.74) is 0.745. The van der Waals surface area contributed by atoms with Gasteiger partial charge < -0.3 is 19.2 Å². The van der Waals surface area contributed by atoms with Crippen molar-refractivity contribution in [2.24, 2.45) is 5.92 Å². The number of benzene rings is 1. The van der Waals surface area contributed by atoms with Crippen LogP contribution in [0.3, 0.4) is 0 Å². The lowest BCUT2D eigenvalue weighted by Crippen LogP contribution is -2.23. The number of halogens is 2. The number of hydrogen-bond acceptors (Lipinski definition) is 4. The number of methoxy groups -OCH3 is 1. The van der Waals surface area contributed by atoms with Crippen molar-refractivity contribution in [1.29, 1.82) is 0 Å². The maximum atomic E-state index is 12.5. The maximum absolute atomic E-state index is 12.5. The molecule has 0 bridgehead atoms. The van der Waals surface area contributed by atoms with Crippen molar-refractivity contribution in [1.82, 2.24) is 5.32 Å². The van der Waals surface area contributed by atoms with Gasteiger partial charge in [-0.2, -0.15) is 8.78 Å². The highest BCUT2D eigenvalue weighted by molar-refractivity contribution is 5.91. The number of furan rings is 1. The van der Waals surface area contributed by atoms with Crippen molar-refractivity contribution in [3.05, 3.63) is 53.5 Å². The first-order valence-electron chi connectivity index (χ1n) is 9.13. The number of amides is 1. The molecule has 2 atom stereocenters. The molecule has 1 aliphatic carbocycles. The minimum Gasteiger partial charge on any atom is -0.493 e. The quantitative estimate of drug-likeness (QED) is 0.644. The van der Waals surface area contributed by atoms with Crippen LogP contribution in [0.5, 0.6) is 11.5 Å². The van der Waals surface area contributed by atoms with Gasteiger partial charge in [0.15, 0.2) is 11.5 Å². The zero-order chi connectivity index (χ0) is 20.1. The Hall–Kier alpha value is -2.83. The standard InChI is InChI=1S/C21H23F2NO4/c1-13-11-16(13)17-7-4-15(27-17)5-8-20(25)24-10-9-14-3-6-18(26-2)19(12-14)28-21(22)23/h3-8,12-13,16,21H,9-11H2,1-2H3,(H,24,25)/b8-5+. The van der Waals surface area contributed by atoms with E-state index in [-0.39, 0.29) is 17.4 Å². The smallest absolute Gasteiger partial charge is 0.387 e. The highest BCUT2D eigenvalue weighted by Crippen LogP contribution is 2.47. The third-order valence-electron chi connectivity index (χ3n) is 4.68. The fraction of sp³-hybridized carbons (Fsp3) is 0.381. The second kappa shape index (κ2) is 8.91. The normalized spacial score (nSPS) is 18.5. The molecule has 1 saturated carbocycles. The molecule has 150 valence electrons. The van der Waals surface area contributed by atoms with Crippen LogP contribution >= 0.6 is 0 Å². The van der Waals surface area contributed by atoms with Crippen molar-refractivity contribution in [2.45, 2.75) is 32.3 Å². The molecular formula is C21H23F2NO4. The first-order valence-corrected chi connectivity index (χ1v) is 9.13. The van der Waals surface area contributed by atoms with Crippen LogP contribution < -0.4 is 14.8 Å². The van der Waals surface area contributed by atoms with Crippen LogP contribution in [-0.2, 0) is 11.2 Å². The summed E-state index contributed by atoms with van der Waals surface area (Å²) >= 11 is 0. The summed E-state index contributed by atoms with van der Waals surface area (Å²) in [6.07, 6.45) is 4.66. The Bertz CT molecular complexity index is 847. The molecule has 3 rings (SSSR count). The minimum absolute atomic E-state index is 0.0279. The second-order valence-electron chi connectivity index (χ2n) is 6.80. The molecule has 28 heavy (non-hydrogen) atoms. The van der Waals surface area contributed by atoms with Crippen LogP contribution in [0.1, 0.15) is 36.3 Å². The summed E-state index contributed by atoms with van der Waals surface area (Å²) in [6.45, 7) is -0.395. The van der Waals surface area contributed by atoms with Crippen molar-refractivity contribution < 1.29 is 27.5 Å². The summed E-state index contributed by atoms with van der Waals surface area (Å²) in [5, 5.41) is 2.75. The van der Waals surface area contributed by atoms with Gasteiger partial charge in [-0.3, -0.25) is 4.79 Å². The van der Waals surface area contributed by atoms with Gasteiger partial charge in [0.1, 0.15) is 11.5 Å². The van der Waals surface area contributed by atoms with Crippen LogP contribution in [0.25, 0.3) is 6.08 Å². The monoisotopic (exact) mass is 391 g/mol. The van der Waals surface area contributed by atoms with E-state index in [1.807, 2.05) is 12.1 Å². The molecular weight excluding hydrogens is 368 g/mol. The minimum atomic E-state index is -2.93. The van der Waals surface area contributed by atoms with Crippen LogP contribution in [-0.4, -0.2) is 26.2 Å². The topological polar surface area (TPSA) is 60.7 Å². The number of rotatable bonds is 9. The van der Waals surface area contributed by atoms with Gasteiger partial charge >= 0.3 is 6.61 Å². The Morgan fingerprint density at radius 1 is 1.32 bits per heavy atom. The largest absolute Gasteiger partial charge is 0.493 e. The van der Waals surface area contributed by atoms with E-state index in [1.165, 1.54) is 19.3 Å². The molecule has 1 N–H and O–H groups in total. The Labute approximate surface area is 162 Å². The van der Waals surface area contributed by atoms with E-state index in [0.717, 1.165) is 17.7 Å². The van der Waals surface area contributed by atoms with E-state index in [9.17, 15) is 13.6 Å². The van der Waals surface area contributed by atoms with E-state index in [1.54, 1.807) is 18.2 Å². The van der Waals surface area contributed by atoms with E-state index < -0.39 is 6.61 Å². The summed E-state index contributed by atoms with van der Waals surface area (Å²) < 4.78 is 40.1. The summed E-state index contributed by atoms with van der Waals surface area (Å²) in [4.78, 5) is 11.9. The van der Waals surface area contributed by atoms with Crippen molar-refractivity contribution in [3.8, 4) is 11.5 Å². The van der Waals surface area contributed by atoms with Gasteiger partial charge in [0.25, 0.3) is 0 Å². The number of alkyl halides is 2. The van der Waals surface area contributed by atoms with Crippen LogP contribution in [0.4, 0.5) is 8.78 Å². The fourth-order valence-corrected chi connectivity index (χ4v) is 2.99. The van der Waals surface area contributed by atoms with Crippen molar-refractivity contribution in [3.63, 3.8) is 0 Å². The van der Waals surface area contributed by atoms with Gasteiger partial charge in [-0.05, 0) is 54.7 Å². The molecule has 1 aliphatic rings. The summed E-state index contributed by atoms with van der Waals surface area (Å²) in [6, 6.07) is 8.59. The Balaban J connectivity index is 1.47. The lowest BCUT2D eigenvalue weighted by molar-refractivity contribution is -0.116. The molecule has 2 unspecified atom stereocenters. The lowest BCUT2D eigenvalue weighted by atomic mass is 10.1. The SMILES string of the molecule is COc1ccc(CCNC(=O)/C=C/c2ccc(C3CC3C)o2)cc1OC(F)F. The number of hydrogen-bond donors (Lipinski definition) is 1. The number of carbonyl (C=O) groups is 1. The van der Waals surface area contributed by atoms with E-state index in [0.29, 0.717) is 30.6 Å². The van der Waals surface area contributed by atoms with Gasteiger partial charge in [-0.25, -0.2) is 0 Å². The first-order chi connectivity index (χ1) is 13.5. The number of ether oxygens (including phenoxy) is 2. The van der Waals surface area contributed by atoms with Gasteiger partial charge in [0, 0.05) is 18.5 Å². The molecule has 5 nitrogen and oxygen atoms in total. The zero-order valence-electron chi connectivity index (χ0n) is 15.8. The molecule has 1 aromatic carbocycles. The molecule has 0 spiro atoms. The Morgan fingerprint density at radius 3 is 2.79 bits per heavy atom. The van der Waals surface area contributed by atoms with Crippen LogP contribution in [0.15, 0.2) is 40.8 Å². The van der Waals surface area contributed by atoms with Crippen molar-refractivity contribution >= 4 is 12.0 Å². The summed E-state index contributed by atoms with van der Waals surface area (Å²) in [5.74, 6) is 2.72. The molecule has 7 heteroatoms. The highest BCUT2D eigenvalue weighted by atomic mass is 19.3. The Kier molecular flexibility index (Phi) is 6.34. The van der Waals surface area contributed by atoms with E-state index in [2.05, 4.69) is 17.0 Å². The predicted octanol–water partition coefficient (Wildman–Crippen LogP) is 4.39. The van der Waals surface area contributed by atoms with Gasteiger partial charge in [0.05, 0.1) is 7.11 Å². The predicted molar refractivity (Wildman–Crippen MR) is 101 cm³/mol. The van der Waals surface area contributed by atoms with E-state index >= 15 is 0 Å². The number of nitrogens with one attached hydrogen (secondary N) is 1. The second-order valence-corrected chi connectivity index (χ2v) is 6.80. The molecule has 1 fully saturated rings. The average Bonchev–Trinajstić information content (AvgIpc) is 3.20. The third-order valence-corrected chi connectivity index (χ3v) is 4.68. The van der Waals surface area contributed by atoms with Gasteiger partial charge in [-0.15, -0.1) is 0 Å². The molecule has 0 saturated heterocycles.